The number of rotatable bonds is 4. The second-order valence-electron chi connectivity index (χ2n) is 5.88. The number of primary amides is 1. The Kier molecular flexibility index (Phi) is 3.62. The Bertz CT molecular complexity index is 1160. The number of ketones is 1. The minimum Gasteiger partial charge on any atom is -0.366 e. The summed E-state index contributed by atoms with van der Waals surface area (Å²) in [7, 11) is 0. The Hall–Kier alpha value is -3.74. The molecular weight excluding hydrogens is 332 g/mol. The highest BCUT2D eigenvalue weighted by atomic mass is 16.5. The number of aromatic amines is 1. The molecule has 0 saturated carbocycles. The Balaban J connectivity index is 1.92. The van der Waals surface area contributed by atoms with Crippen LogP contribution in [0.1, 0.15) is 32.2 Å². The summed E-state index contributed by atoms with van der Waals surface area (Å²) in [6.45, 7) is 1.72. The third-order valence-corrected chi connectivity index (χ3v) is 4.14. The van der Waals surface area contributed by atoms with Gasteiger partial charge in [-0.3, -0.25) is 9.59 Å². The normalized spacial score (nSPS) is 11.0. The van der Waals surface area contributed by atoms with Gasteiger partial charge in [-0.1, -0.05) is 17.3 Å². The SMILES string of the molecule is Cc1cc(C(=O)c2c[nH]c3nccc(-c4cccc(C(N)=O)c4)c23)no1. The van der Waals surface area contributed by atoms with Gasteiger partial charge in [-0.15, -0.1) is 0 Å². The summed E-state index contributed by atoms with van der Waals surface area (Å²) in [6.07, 6.45) is 3.24. The van der Waals surface area contributed by atoms with Crippen molar-refractivity contribution in [2.24, 2.45) is 5.73 Å². The third-order valence-electron chi connectivity index (χ3n) is 4.14. The zero-order chi connectivity index (χ0) is 18.3. The van der Waals surface area contributed by atoms with Crippen LogP contribution in [0.15, 0.2) is 53.3 Å². The molecule has 1 aromatic carbocycles. The second kappa shape index (κ2) is 5.96. The molecule has 0 radical (unpaired) electrons. The molecule has 0 aliphatic rings. The molecule has 0 spiro atoms. The van der Waals surface area contributed by atoms with Gasteiger partial charge >= 0.3 is 0 Å². The van der Waals surface area contributed by atoms with E-state index in [2.05, 4.69) is 15.1 Å². The van der Waals surface area contributed by atoms with Crippen molar-refractivity contribution in [3.8, 4) is 11.1 Å². The minimum atomic E-state index is -0.513. The van der Waals surface area contributed by atoms with E-state index in [9.17, 15) is 9.59 Å². The van der Waals surface area contributed by atoms with Crippen molar-refractivity contribution in [2.75, 3.05) is 0 Å². The summed E-state index contributed by atoms with van der Waals surface area (Å²) >= 11 is 0. The van der Waals surface area contributed by atoms with Crippen LogP contribution in [-0.2, 0) is 0 Å². The van der Waals surface area contributed by atoms with E-state index >= 15 is 0 Å². The number of H-pyrrole nitrogens is 1. The predicted molar refractivity (Wildman–Crippen MR) is 94.7 cm³/mol. The average molecular weight is 346 g/mol. The first kappa shape index (κ1) is 15.8. The molecule has 3 heterocycles. The Labute approximate surface area is 147 Å². The largest absolute Gasteiger partial charge is 0.366 e. The smallest absolute Gasteiger partial charge is 0.248 e. The molecule has 3 aromatic heterocycles. The Morgan fingerprint density at radius 3 is 2.77 bits per heavy atom. The van der Waals surface area contributed by atoms with Crippen molar-refractivity contribution < 1.29 is 14.1 Å². The number of benzene rings is 1. The van der Waals surface area contributed by atoms with Gasteiger partial charge in [0.1, 0.15) is 11.4 Å². The molecule has 0 atom stereocenters. The van der Waals surface area contributed by atoms with E-state index in [-0.39, 0.29) is 11.5 Å². The Morgan fingerprint density at radius 2 is 2.04 bits per heavy atom. The maximum absolute atomic E-state index is 12.8. The fourth-order valence-corrected chi connectivity index (χ4v) is 2.93. The molecule has 1 amide bonds. The highest BCUT2D eigenvalue weighted by Gasteiger charge is 2.21. The van der Waals surface area contributed by atoms with Crippen LogP contribution in [0, 0.1) is 6.92 Å². The number of pyridine rings is 1. The summed E-state index contributed by atoms with van der Waals surface area (Å²) in [5.74, 6) is -0.227. The van der Waals surface area contributed by atoms with E-state index in [1.54, 1.807) is 49.6 Å². The summed E-state index contributed by atoms with van der Waals surface area (Å²) in [6, 6.07) is 10.3. The number of nitrogens with two attached hydrogens (primary N) is 1. The Morgan fingerprint density at radius 1 is 1.19 bits per heavy atom. The number of nitrogens with zero attached hydrogens (tertiary/aromatic N) is 2. The predicted octanol–water partition coefficient (Wildman–Crippen LogP) is 2.86. The number of nitrogens with one attached hydrogen (secondary N) is 1. The van der Waals surface area contributed by atoms with Crippen LogP contribution in [0.3, 0.4) is 0 Å². The van der Waals surface area contributed by atoms with Crippen LogP contribution < -0.4 is 5.73 Å². The van der Waals surface area contributed by atoms with Gasteiger partial charge in [-0.25, -0.2) is 4.98 Å². The van der Waals surface area contributed by atoms with Crippen LogP contribution >= 0.6 is 0 Å². The van der Waals surface area contributed by atoms with Gasteiger partial charge in [0.05, 0.1) is 5.56 Å². The zero-order valence-electron chi connectivity index (χ0n) is 13.8. The lowest BCUT2D eigenvalue weighted by Crippen LogP contribution is -2.10. The highest BCUT2D eigenvalue weighted by molar-refractivity contribution is 6.18. The molecular formula is C19H14N4O3. The minimum absolute atomic E-state index is 0.226. The first-order chi connectivity index (χ1) is 12.5. The van der Waals surface area contributed by atoms with Crippen LogP contribution in [0.2, 0.25) is 0 Å². The van der Waals surface area contributed by atoms with E-state index in [0.29, 0.717) is 27.9 Å². The van der Waals surface area contributed by atoms with Crippen LogP contribution in [-0.4, -0.2) is 26.8 Å². The lowest BCUT2D eigenvalue weighted by atomic mass is 9.97. The van der Waals surface area contributed by atoms with Crippen molar-refractivity contribution in [1.29, 1.82) is 0 Å². The number of hydrogen-bond donors (Lipinski definition) is 2. The summed E-state index contributed by atoms with van der Waals surface area (Å²) in [5.41, 5.74) is 8.52. The number of aromatic nitrogens is 3. The van der Waals surface area contributed by atoms with Gasteiger partial charge in [0.2, 0.25) is 11.7 Å². The molecule has 0 aliphatic carbocycles. The van der Waals surface area contributed by atoms with Crippen LogP contribution in [0.4, 0.5) is 0 Å². The monoisotopic (exact) mass is 346 g/mol. The number of amides is 1. The van der Waals surface area contributed by atoms with Gasteiger partial charge in [0.25, 0.3) is 0 Å². The summed E-state index contributed by atoms with van der Waals surface area (Å²) in [5, 5.41) is 4.45. The maximum Gasteiger partial charge on any atom is 0.248 e. The lowest BCUT2D eigenvalue weighted by molar-refractivity contribution is 0.0998. The fourth-order valence-electron chi connectivity index (χ4n) is 2.93. The van der Waals surface area contributed by atoms with Crippen molar-refractivity contribution >= 4 is 22.7 Å². The summed E-state index contributed by atoms with van der Waals surface area (Å²) < 4.78 is 5.00. The molecule has 0 unspecified atom stereocenters. The molecule has 26 heavy (non-hydrogen) atoms. The molecule has 0 saturated heterocycles. The molecule has 3 N–H and O–H groups in total. The van der Waals surface area contributed by atoms with Crippen molar-refractivity contribution in [1.82, 2.24) is 15.1 Å². The van der Waals surface area contributed by atoms with E-state index in [4.69, 9.17) is 10.3 Å². The topological polar surface area (TPSA) is 115 Å². The van der Waals surface area contributed by atoms with E-state index in [0.717, 1.165) is 11.1 Å². The molecule has 4 rings (SSSR count). The molecule has 4 aromatic rings. The first-order valence-corrected chi connectivity index (χ1v) is 7.89. The van der Waals surface area contributed by atoms with Crippen molar-refractivity contribution in [3.63, 3.8) is 0 Å². The number of fused-ring (bicyclic) bond motifs is 1. The molecule has 128 valence electrons. The van der Waals surface area contributed by atoms with Gasteiger partial charge < -0.3 is 15.2 Å². The van der Waals surface area contributed by atoms with Gasteiger partial charge in [-0.05, 0) is 36.2 Å². The van der Waals surface area contributed by atoms with Gasteiger partial charge in [-0.2, -0.15) is 0 Å². The molecule has 0 aliphatic heterocycles. The maximum atomic E-state index is 12.8. The van der Waals surface area contributed by atoms with E-state index in [1.807, 2.05) is 6.07 Å². The van der Waals surface area contributed by atoms with Crippen molar-refractivity contribution in [3.05, 3.63) is 71.4 Å². The van der Waals surface area contributed by atoms with Gasteiger partial charge in [0, 0.05) is 29.4 Å². The van der Waals surface area contributed by atoms with Crippen molar-refractivity contribution in [2.45, 2.75) is 6.92 Å². The average Bonchev–Trinajstić information content (AvgIpc) is 3.27. The second-order valence-corrected chi connectivity index (χ2v) is 5.88. The molecule has 0 fully saturated rings. The summed E-state index contributed by atoms with van der Waals surface area (Å²) in [4.78, 5) is 31.6. The lowest BCUT2D eigenvalue weighted by Gasteiger charge is -2.06. The standard InChI is InChI=1S/C19H14N4O3/c1-10-7-15(23-26-10)17(24)14-9-22-19-16(14)13(5-6-21-19)11-3-2-4-12(8-11)18(20)25/h2-9H,1H3,(H2,20,25)(H,21,22). The van der Waals surface area contributed by atoms with Crippen LogP contribution in [0.5, 0.6) is 0 Å². The first-order valence-electron chi connectivity index (χ1n) is 7.89. The highest BCUT2D eigenvalue weighted by Crippen LogP contribution is 2.31. The van der Waals surface area contributed by atoms with Gasteiger partial charge in [0.15, 0.2) is 5.69 Å². The van der Waals surface area contributed by atoms with Crippen LogP contribution in [0.25, 0.3) is 22.2 Å². The number of carbonyl (C=O) groups excluding carboxylic acids is 2. The molecule has 7 heteroatoms. The molecule has 7 nitrogen and oxygen atoms in total. The molecule has 0 bridgehead atoms. The zero-order valence-corrected chi connectivity index (χ0v) is 13.8. The number of aryl methyl sites for hydroxylation is 1. The van der Waals surface area contributed by atoms with E-state index < -0.39 is 5.91 Å². The fraction of sp³-hybridized carbons (Fsp3) is 0.0526. The van der Waals surface area contributed by atoms with E-state index in [1.165, 1.54) is 0 Å². The quantitative estimate of drug-likeness (QED) is 0.551. The third kappa shape index (κ3) is 2.55. The number of carbonyl (C=O) groups is 2. The number of hydrogen-bond acceptors (Lipinski definition) is 5.